The minimum Gasteiger partial charge on any atom is -0.449 e. The van der Waals surface area contributed by atoms with Gasteiger partial charge in [-0.1, -0.05) is 12.1 Å². The van der Waals surface area contributed by atoms with E-state index in [1.165, 1.54) is 49.4 Å². The smallest absolute Gasteiger partial charge is 0.416 e. The van der Waals surface area contributed by atoms with Crippen LogP contribution in [0, 0.1) is 5.82 Å². The standard InChI is InChI=1S/C20H14F4N2O3/c1-12(18-25-26-19(29-18)14-5-9-16(21)10-6-14)28-17(27)11-4-13-2-7-15(8-3-13)20(22,23)24/h2-12H,1H3/b11-4+/t12-/m1/s1. The lowest BCUT2D eigenvalue weighted by Gasteiger charge is -2.07. The SMILES string of the molecule is C[C@@H](OC(=O)/C=C/c1ccc(C(F)(F)F)cc1)c1nnc(-c2ccc(F)cc2)o1. The zero-order chi connectivity index (χ0) is 21.0. The number of carbonyl (C=O) groups excluding carboxylic acids is 1. The quantitative estimate of drug-likeness (QED) is 0.331. The molecule has 0 aliphatic heterocycles. The Morgan fingerprint density at radius 2 is 1.72 bits per heavy atom. The number of hydrogen-bond acceptors (Lipinski definition) is 5. The highest BCUT2D eigenvalue weighted by molar-refractivity contribution is 5.87. The monoisotopic (exact) mass is 406 g/mol. The summed E-state index contributed by atoms with van der Waals surface area (Å²) in [7, 11) is 0. The summed E-state index contributed by atoms with van der Waals surface area (Å²) in [5.41, 5.74) is 0.129. The van der Waals surface area contributed by atoms with Gasteiger partial charge in [0.15, 0.2) is 6.10 Å². The zero-order valence-corrected chi connectivity index (χ0v) is 15.0. The summed E-state index contributed by atoms with van der Waals surface area (Å²) in [4.78, 5) is 11.9. The second-order valence-electron chi connectivity index (χ2n) is 5.98. The van der Waals surface area contributed by atoms with Gasteiger partial charge in [-0.3, -0.25) is 0 Å². The molecule has 0 aliphatic carbocycles. The highest BCUT2D eigenvalue weighted by atomic mass is 19.4. The fourth-order valence-corrected chi connectivity index (χ4v) is 2.32. The summed E-state index contributed by atoms with van der Waals surface area (Å²) in [5, 5.41) is 7.63. The summed E-state index contributed by atoms with van der Waals surface area (Å²) in [6, 6.07) is 9.74. The van der Waals surface area contributed by atoms with Crippen LogP contribution in [0.4, 0.5) is 17.6 Å². The molecule has 0 amide bonds. The largest absolute Gasteiger partial charge is 0.449 e. The van der Waals surface area contributed by atoms with Crippen LogP contribution in [-0.2, 0) is 15.7 Å². The van der Waals surface area contributed by atoms with Crippen molar-refractivity contribution in [1.29, 1.82) is 0 Å². The first kappa shape index (κ1) is 20.2. The first-order valence-corrected chi connectivity index (χ1v) is 8.37. The number of halogens is 4. The van der Waals surface area contributed by atoms with Gasteiger partial charge in [-0.15, -0.1) is 10.2 Å². The van der Waals surface area contributed by atoms with Crippen LogP contribution in [0.3, 0.4) is 0 Å². The molecule has 0 radical (unpaired) electrons. The van der Waals surface area contributed by atoms with Gasteiger partial charge in [0.2, 0.25) is 5.89 Å². The van der Waals surface area contributed by atoms with Gasteiger partial charge in [0.05, 0.1) is 5.56 Å². The Balaban J connectivity index is 1.60. The molecule has 1 heterocycles. The first-order chi connectivity index (χ1) is 13.7. The van der Waals surface area contributed by atoms with Gasteiger partial charge in [0.25, 0.3) is 5.89 Å². The molecule has 0 fully saturated rings. The van der Waals surface area contributed by atoms with E-state index >= 15 is 0 Å². The first-order valence-electron chi connectivity index (χ1n) is 8.37. The van der Waals surface area contributed by atoms with Gasteiger partial charge < -0.3 is 9.15 Å². The Bertz CT molecular complexity index is 1010. The molecule has 0 aliphatic rings. The molecule has 0 unspecified atom stereocenters. The van der Waals surface area contributed by atoms with Crippen molar-refractivity contribution in [2.75, 3.05) is 0 Å². The van der Waals surface area contributed by atoms with Gasteiger partial charge in [-0.05, 0) is 55.0 Å². The number of benzene rings is 2. The number of rotatable bonds is 5. The Hall–Kier alpha value is -3.49. The third kappa shape index (κ3) is 5.28. The number of ether oxygens (including phenoxy) is 1. The molecule has 150 valence electrons. The Kier molecular flexibility index (Phi) is 5.76. The van der Waals surface area contributed by atoms with Crippen LogP contribution in [0.1, 0.15) is 30.0 Å². The van der Waals surface area contributed by atoms with E-state index in [4.69, 9.17) is 9.15 Å². The molecule has 1 atom stereocenters. The molecule has 0 saturated carbocycles. The van der Waals surface area contributed by atoms with E-state index in [2.05, 4.69) is 10.2 Å². The van der Waals surface area contributed by atoms with E-state index in [-0.39, 0.29) is 11.8 Å². The molecular formula is C20H14F4N2O3. The lowest BCUT2D eigenvalue weighted by atomic mass is 10.1. The third-order valence-electron chi connectivity index (χ3n) is 3.82. The molecule has 0 saturated heterocycles. The third-order valence-corrected chi connectivity index (χ3v) is 3.82. The van der Waals surface area contributed by atoms with E-state index in [9.17, 15) is 22.4 Å². The molecule has 9 heteroatoms. The van der Waals surface area contributed by atoms with Crippen LogP contribution in [-0.4, -0.2) is 16.2 Å². The maximum absolute atomic E-state index is 13.0. The topological polar surface area (TPSA) is 65.2 Å². The van der Waals surface area contributed by atoms with Crippen LogP contribution in [0.2, 0.25) is 0 Å². The van der Waals surface area contributed by atoms with Crippen molar-refractivity contribution in [1.82, 2.24) is 10.2 Å². The van der Waals surface area contributed by atoms with Gasteiger partial charge in [0, 0.05) is 11.6 Å². The van der Waals surface area contributed by atoms with Crippen LogP contribution < -0.4 is 0 Å². The molecule has 3 aromatic rings. The number of nitrogens with zero attached hydrogens (tertiary/aromatic N) is 2. The highest BCUT2D eigenvalue weighted by Crippen LogP contribution is 2.29. The van der Waals surface area contributed by atoms with Gasteiger partial charge in [-0.2, -0.15) is 13.2 Å². The van der Waals surface area contributed by atoms with Gasteiger partial charge in [0.1, 0.15) is 5.82 Å². The molecular weight excluding hydrogens is 392 g/mol. The lowest BCUT2D eigenvalue weighted by Crippen LogP contribution is -2.06. The van der Waals surface area contributed by atoms with Gasteiger partial charge in [-0.25, -0.2) is 9.18 Å². The van der Waals surface area contributed by atoms with Crippen LogP contribution in [0.15, 0.2) is 59.0 Å². The Morgan fingerprint density at radius 1 is 1.07 bits per heavy atom. The van der Waals surface area contributed by atoms with E-state index < -0.39 is 29.6 Å². The summed E-state index contributed by atoms with van der Waals surface area (Å²) >= 11 is 0. The maximum Gasteiger partial charge on any atom is 0.416 e. The van der Waals surface area contributed by atoms with Crippen LogP contribution in [0.5, 0.6) is 0 Å². The lowest BCUT2D eigenvalue weighted by molar-refractivity contribution is -0.143. The number of alkyl halides is 3. The average Bonchev–Trinajstić information content (AvgIpc) is 3.17. The number of aromatic nitrogens is 2. The minimum atomic E-state index is -4.42. The molecule has 5 nitrogen and oxygen atoms in total. The predicted octanol–water partition coefficient (Wildman–Crippen LogP) is 5.21. The molecule has 1 aromatic heterocycles. The van der Waals surface area contributed by atoms with Crippen molar-refractivity contribution >= 4 is 12.0 Å². The fraction of sp³-hybridized carbons (Fsp3) is 0.150. The van der Waals surface area contributed by atoms with E-state index in [0.29, 0.717) is 11.1 Å². The van der Waals surface area contributed by atoms with Gasteiger partial charge >= 0.3 is 12.1 Å². The number of esters is 1. The fourth-order valence-electron chi connectivity index (χ4n) is 2.32. The maximum atomic E-state index is 13.0. The van der Waals surface area contributed by atoms with E-state index in [1.54, 1.807) is 0 Å². The van der Waals surface area contributed by atoms with Crippen molar-refractivity contribution in [3.05, 3.63) is 77.4 Å². The van der Waals surface area contributed by atoms with Crippen molar-refractivity contribution in [2.24, 2.45) is 0 Å². The molecule has 0 bridgehead atoms. The summed E-state index contributed by atoms with van der Waals surface area (Å²) in [6.45, 7) is 1.52. The zero-order valence-electron chi connectivity index (χ0n) is 15.0. The van der Waals surface area contributed by atoms with Crippen molar-refractivity contribution in [3.63, 3.8) is 0 Å². The normalized spacial score (nSPS) is 12.9. The number of carbonyl (C=O) groups is 1. The molecule has 29 heavy (non-hydrogen) atoms. The van der Waals surface area contributed by atoms with Crippen LogP contribution >= 0.6 is 0 Å². The number of hydrogen-bond donors (Lipinski definition) is 0. The Morgan fingerprint density at radius 3 is 2.34 bits per heavy atom. The Labute approximate surface area is 162 Å². The highest BCUT2D eigenvalue weighted by Gasteiger charge is 2.29. The van der Waals surface area contributed by atoms with E-state index in [1.807, 2.05) is 0 Å². The molecule has 3 rings (SSSR count). The molecule has 0 spiro atoms. The van der Waals surface area contributed by atoms with Crippen LogP contribution in [0.25, 0.3) is 17.5 Å². The molecule has 2 aromatic carbocycles. The minimum absolute atomic E-state index is 0.0422. The van der Waals surface area contributed by atoms with E-state index in [0.717, 1.165) is 18.2 Å². The van der Waals surface area contributed by atoms with Crippen molar-refractivity contribution in [3.8, 4) is 11.5 Å². The summed E-state index contributed by atoms with van der Waals surface area (Å²) in [5.74, 6) is -0.960. The molecule has 0 N–H and O–H groups in total. The summed E-state index contributed by atoms with van der Waals surface area (Å²) < 4.78 is 61.1. The summed E-state index contributed by atoms with van der Waals surface area (Å²) in [6.07, 6.45) is -2.88. The van der Waals surface area contributed by atoms with Crippen molar-refractivity contribution < 1.29 is 31.5 Å². The predicted molar refractivity (Wildman–Crippen MR) is 94.7 cm³/mol. The van der Waals surface area contributed by atoms with Crippen molar-refractivity contribution in [2.45, 2.75) is 19.2 Å². The average molecular weight is 406 g/mol. The second-order valence-corrected chi connectivity index (χ2v) is 5.98. The second kappa shape index (κ2) is 8.26.